The van der Waals surface area contributed by atoms with Gasteiger partial charge in [0.25, 0.3) is 0 Å². The van der Waals surface area contributed by atoms with Crippen LogP contribution in [0.4, 0.5) is 4.39 Å². The average molecular weight is 308 g/mol. The summed E-state index contributed by atoms with van der Waals surface area (Å²) in [6.45, 7) is 11.1. The van der Waals surface area contributed by atoms with Crippen molar-refractivity contribution in [3.8, 4) is 0 Å². The molecule has 0 saturated heterocycles. The summed E-state index contributed by atoms with van der Waals surface area (Å²) in [6.07, 6.45) is 0. The minimum Gasteiger partial charge on any atom is -0.355 e. The van der Waals surface area contributed by atoms with Crippen LogP contribution in [0.15, 0.2) is 29.3 Å². The summed E-state index contributed by atoms with van der Waals surface area (Å²) in [4.78, 5) is 6.62. The Hall–Kier alpha value is -1.62. The highest BCUT2D eigenvalue weighted by molar-refractivity contribution is 5.79. The van der Waals surface area contributed by atoms with Crippen LogP contribution >= 0.6 is 0 Å². The number of halogens is 1. The van der Waals surface area contributed by atoms with Gasteiger partial charge in [-0.3, -0.25) is 9.89 Å². The van der Waals surface area contributed by atoms with Gasteiger partial charge in [0.2, 0.25) is 0 Å². The van der Waals surface area contributed by atoms with Crippen LogP contribution in [-0.4, -0.2) is 43.1 Å². The Balaban J connectivity index is 2.40. The van der Waals surface area contributed by atoms with Crippen LogP contribution in [0.25, 0.3) is 0 Å². The van der Waals surface area contributed by atoms with Crippen LogP contribution < -0.4 is 10.6 Å². The number of aliphatic imine (C=N–C) groups is 1. The summed E-state index contributed by atoms with van der Waals surface area (Å²) >= 11 is 0. The van der Waals surface area contributed by atoms with Crippen molar-refractivity contribution >= 4 is 5.96 Å². The van der Waals surface area contributed by atoms with Crippen molar-refractivity contribution in [2.75, 3.05) is 20.1 Å². The Morgan fingerprint density at radius 1 is 1.18 bits per heavy atom. The number of nitrogens with one attached hydrogen (secondary N) is 2. The van der Waals surface area contributed by atoms with Crippen molar-refractivity contribution in [1.29, 1.82) is 0 Å². The molecule has 0 aliphatic rings. The maximum atomic E-state index is 13.1. The van der Waals surface area contributed by atoms with Crippen LogP contribution in [0.1, 0.15) is 33.3 Å². The van der Waals surface area contributed by atoms with E-state index in [9.17, 15) is 4.39 Å². The van der Waals surface area contributed by atoms with E-state index in [1.54, 1.807) is 13.1 Å². The SMILES string of the molecule is CN=C(NCCN(C(C)C)C(C)C)NCc1cccc(F)c1. The van der Waals surface area contributed by atoms with E-state index in [0.717, 1.165) is 24.6 Å². The molecule has 4 nitrogen and oxygen atoms in total. The van der Waals surface area contributed by atoms with Gasteiger partial charge in [-0.1, -0.05) is 12.1 Å². The van der Waals surface area contributed by atoms with Crippen molar-refractivity contribution in [3.05, 3.63) is 35.6 Å². The molecule has 0 aromatic heterocycles. The Morgan fingerprint density at radius 2 is 1.86 bits per heavy atom. The molecule has 0 spiro atoms. The lowest BCUT2D eigenvalue weighted by molar-refractivity contribution is 0.178. The van der Waals surface area contributed by atoms with E-state index in [1.165, 1.54) is 12.1 Å². The van der Waals surface area contributed by atoms with Gasteiger partial charge < -0.3 is 10.6 Å². The second-order valence-electron chi connectivity index (χ2n) is 5.91. The van der Waals surface area contributed by atoms with Crippen LogP contribution in [-0.2, 0) is 6.54 Å². The van der Waals surface area contributed by atoms with Crippen molar-refractivity contribution in [2.45, 2.75) is 46.3 Å². The monoisotopic (exact) mass is 308 g/mol. The van der Waals surface area contributed by atoms with E-state index < -0.39 is 0 Å². The molecule has 0 fully saturated rings. The number of guanidine groups is 1. The fourth-order valence-electron chi connectivity index (χ4n) is 2.47. The lowest BCUT2D eigenvalue weighted by Gasteiger charge is -2.30. The maximum absolute atomic E-state index is 13.1. The zero-order valence-corrected chi connectivity index (χ0v) is 14.4. The third kappa shape index (κ3) is 6.43. The van der Waals surface area contributed by atoms with Crippen molar-refractivity contribution in [2.24, 2.45) is 4.99 Å². The standard InChI is InChI=1S/C17H29FN4/c1-13(2)22(14(3)4)10-9-20-17(19-5)21-12-15-7-6-8-16(18)11-15/h6-8,11,13-14H,9-10,12H2,1-5H3,(H2,19,20,21). The first-order chi connectivity index (χ1) is 10.4. The first-order valence-electron chi connectivity index (χ1n) is 7.88. The molecule has 0 unspecified atom stereocenters. The smallest absolute Gasteiger partial charge is 0.191 e. The summed E-state index contributed by atoms with van der Waals surface area (Å²) in [7, 11) is 1.74. The van der Waals surface area contributed by atoms with Gasteiger partial charge in [0.15, 0.2) is 5.96 Å². The molecule has 0 saturated carbocycles. The van der Waals surface area contributed by atoms with E-state index >= 15 is 0 Å². The fraction of sp³-hybridized carbons (Fsp3) is 0.588. The molecule has 0 bridgehead atoms. The Labute approximate surface area is 133 Å². The molecule has 0 radical (unpaired) electrons. The van der Waals surface area contributed by atoms with Gasteiger partial charge in [-0.15, -0.1) is 0 Å². The molecule has 1 aromatic carbocycles. The molecule has 1 aromatic rings. The highest BCUT2D eigenvalue weighted by Gasteiger charge is 2.12. The minimum absolute atomic E-state index is 0.216. The molecule has 0 amide bonds. The van der Waals surface area contributed by atoms with Crippen molar-refractivity contribution in [3.63, 3.8) is 0 Å². The molecule has 0 atom stereocenters. The van der Waals surface area contributed by atoms with Gasteiger partial charge in [0.1, 0.15) is 5.82 Å². The van der Waals surface area contributed by atoms with Crippen LogP contribution in [0.5, 0.6) is 0 Å². The van der Waals surface area contributed by atoms with E-state index in [4.69, 9.17) is 0 Å². The van der Waals surface area contributed by atoms with E-state index in [2.05, 4.69) is 48.2 Å². The van der Waals surface area contributed by atoms with Gasteiger partial charge >= 0.3 is 0 Å². The molecule has 5 heteroatoms. The van der Waals surface area contributed by atoms with Gasteiger partial charge in [-0.25, -0.2) is 4.39 Å². The first-order valence-corrected chi connectivity index (χ1v) is 7.88. The number of hydrogen-bond acceptors (Lipinski definition) is 2. The number of nitrogens with zero attached hydrogens (tertiary/aromatic N) is 2. The predicted molar refractivity (Wildman–Crippen MR) is 91.6 cm³/mol. The molecule has 0 heterocycles. The van der Waals surface area contributed by atoms with Gasteiger partial charge in [-0.2, -0.15) is 0 Å². The van der Waals surface area contributed by atoms with Crippen molar-refractivity contribution < 1.29 is 4.39 Å². The Morgan fingerprint density at radius 3 is 2.41 bits per heavy atom. The highest BCUT2D eigenvalue weighted by Crippen LogP contribution is 2.04. The third-order valence-electron chi connectivity index (χ3n) is 3.56. The normalized spacial score (nSPS) is 12.3. The van der Waals surface area contributed by atoms with E-state index in [1.807, 2.05) is 6.07 Å². The van der Waals surface area contributed by atoms with E-state index in [-0.39, 0.29) is 5.82 Å². The Bertz CT molecular complexity index is 463. The quantitative estimate of drug-likeness (QED) is 0.601. The molecule has 1 rings (SSSR count). The minimum atomic E-state index is -0.216. The second kappa shape index (κ2) is 9.41. The zero-order valence-electron chi connectivity index (χ0n) is 14.4. The predicted octanol–water partition coefficient (Wildman–Crippen LogP) is 2.61. The first kappa shape index (κ1) is 18.4. The number of rotatable bonds is 7. The Kier molecular flexibility index (Phi) is 7.88. The van der Waals surface area contributed by atoms with Crippen LogP contribution in [0.3, 0.4) is 0 Å². The van der Waals surface area contributed by atoms with Crippen LogP contribution in [0.2, 0.25) is 0 Å². The lowest BCUT2D eigenvalue weighted by atomic mass is 10.2. The lowest BCUT2D eigenvalue weighted by Crippen LogP contribution is -2.45. The maximum Gasteiger partial charge on any atom is 0.191 e. The van der Waals surface area contributed by atoms with Gasteiger partial charge in [0.05, 0.1) is 0 Å². The molecule has 0 aliphatic heterocycles. The molecule has 124 valence electrons. The molecular formula is C17H29FN4. The number of benzene rings is 1. The summed E-state index contributed by atoms with van der Waals surface area (Å²) < 4.78 is 13.1. The summed E-state index contributed by atoms with van der Waals surface area (Å²) in [5.41, 5.74) is 0.897. The molecule has 0 aliphatic carbocycles. The van der Waals surface area contributed by atoms with Crippen LogP contribution in [0, 0.1) is 5.82 Å². The summed E-state index contributed by atoms with van der Waals surface area (Å²) in [5.74, 6) is 0.517. The zero-order chi connectivity index (χ0) is 16.5. The number of hydrogen-bond donors (Lipinski definition) is 2. The molecule has 22 heavy (non-hydrogen) atoms. The molecule has 2 N–H and O–H groups in total. The topological polar surface area (TPSA) is 39.7 Å². The fourth-order valence-corrected chi connectivity index (χ4v) is 2.47. The van der Waals surface area contributed by atoms with Crippen molar-refractivity contribution in [1.82, 2.24) is 15.5 Å². The average Bonchev–Trinajstić information content (AvgIpc) is 2.45. The third-order valence-corrected chi connectivity index (χ3v) is 3.56. The highest BCUT2D eigenvalue weighted by atomic mass is 19.1. The summed E-state index contributed by atoms with van der Waals surface area (Å²) in [5, 5.41) is 6.50. The molecular weight excluding hydrogens is 279 g/mol. The van der Waals surface area contributed by atoms with E-state index in [0.29, 0.717) is 18.6 Å². The largest absolute Gasteiger partial charge is 0.355 e. The van der Waals surface area contributed by atoms with Gasteiger partial charge in [0, 0.05) is 38.8 Å². The van der Waals surface area contributed by atoms with Gasteiger partial charge in [-0.05, 0) is 45.4 Å². The second-order valence-corrected chi connectivity index (χ2v) is 5.91. The summed E-state index contributed by atoms with van der Waals surface area (Å²) in [6, 6.07) is 7.62.